The van der Waals surface area contributed by atoms with Gasteiger partial charge in [0, 0.05) is 22.4 Å². The van der Waals surface area contributed by atoms with Crippen molar-refractivity contribution in [2.24, 2.45) is 0 Å². The van der Waals surface area contributed by atoms with Gasteiger partial charge in [-0.15, -0.1) is 0 Å². The zero-order valence-electron chi connectivity index (χ0n) is 8.92. The Morgan fingerprint density at radius 3 is 2.94 bits per heavy atom. The third-order valence-electron chi connectivity index (χ3n) is 2.97. The summed E-state index contributed by atoms with van der Waals surface area (Å²) in [6, 6.07) is 12.1. The average molecular weight is 220 g/mol. The number of para-hydroxylation sites is 1. The fourth-order valence-corrected chi connectivity index (χ4v) is 2.16. The van der Waals surface area contributed by atoms with Crippen molar-refractivity contribution in [3.05, 3.63) is 48.8 Å². The summed E-state index contributed by atoms with van der Waals surface area (Å²) in [7, 11) is 0. The maximum atomic E-state index is 5.69. The predicted molar refractivity (Wildman–Crippen MR) is 66.8 cm³/mol. The van der Waals surface area contributed by atoms with E-state index in [0.717, 1.165) is 27.3 Å². The quantitative estimate of drug-likeness (QED) is 0.455. The van der Waals surface area contributed by atoms with Crippen molar-refractivity contribution in [1.82, 2.24) is 9.97 Å². The highest BCUT2D eigenvalue weighted by atomic mass is 16.3. The van der Waals surface area contributed by atoms with E-state index in [9.17, 15) is 0 Å². The number of pyridine rings is 2. The molecule has 0 aliphatic heterocycles. The van der Waals surface area contributed by atoms with Crippen LogP contribution in [-0.4, -0.2) is 9.97 Å². The molecule has 0 unspecified atom stereocenters. The molecule has 0 fully saturated rings. The molecular weight excluding hydrogens is 212 g/mol. The Balaban J connectivity index is 2.28. The van der Waals surface area contributed by atoms with E-state index >= 15 is 0 Å². The summed E-state index contributed by atoms with van der Waals surface area (Å²) in [6.07, 6.45) is 3.49. The first-order valence-electron chi connectivity index (χ1n) is 5.44. The van der Waals surface area contributed by atoms with Crippen molar-refractivity contribution in [2.45, 2.75) is 0 Å². The zero-order chi connectivity index (χ0) is 11.2. The molecule has 0 saturated heterocycles. The number of benzene rings is 1. The first-order chi connectivity index (χ1) is 8.42. The summed E-state index contributed by atoms with van der Waals surface area (Å²) in [4.78, 5) is 8.58. The smallest absolute Gasteiger partial charge is 0.227 e. The van der Waals surface area contributed by atoms with Crippen LogP contribution in [0.15, 0.2) is 53.2 Å². The number of fused-ring (bicyclic) bond motifs is 4. The number of hydrogen-bond donors (Lipinski definition) is 0. The van der Waals surface area contributed by atoms with E-state index in [1.165, 1.54) is 0 Å². The Bertz CT molecular complexity index is 842. The largest absolute Gasteiger partial charge is 0.436 e. The molecule has 0 spiro atoms. The predicted octanol–water partition coefficient (Wildman–Crippen LogP) is 3.53. The Kier molecular flexibility index (Phi) is 1.56. The van der Waals surface area contributed by atoms with E-state index in [1.54, 1.807) is 12.4 Å². The fraction of sp³-hybridized carbons (Fsp3) is 0. The van der Waals surface area contributed by atoms with Crippen LogP contribution in [0.25, 0.3) is 33.0 Å². The summed E-state index contributed by atoms with van der Waals surface area (Å²) in [5, 5.41) is 3.23. The summed E-state index contributed by atoms with van der Waals surface area (Å²) >= 11 is 0. The van der Waals surface area contributed by atoms with Crippen molar-refractivity contribution in [1.29, 1.82) is 0 Å². The van der Waals surface area contributed by atoms with Crippen LogP contribution < -0.4 is 0 Å². The molecule has 80 valence electrons. The molecule has 0 amide bonds. The maximum Gasteiger partial charge on any atom is 0.227 e. The summed E-state index contributed by atoms with van der Waals surface area (Å²) < 4.78 is 5.69. The highest BCUT2D eigenvalue weighted by Crippen LogP contribution is 2.29. The lowest BCUT2D eigenvalue weighted by atomic mass is 10.1. The molecule has 0 aliphatic carbocycles. The zero-order valence-corrected chi connectivity index (χ0v) is 8.92. The van der Waals surface area contributed by atoms with Crippen LogP contribution in [0.5, 0.6) is 0 Å². The van der Waals surface area contributed by atoms with E-state index in [0.29, 0.717) is 5.71 Å². The van der Waals surface area contributed by atoms with Gasteiger partial charge in [0.05, 0.1) is 11.7 Å². The van der Waals surface area contributed by atoms with Crippen LogP contribution in [-0.2, 0) is 0 Å². The molecule has 0 bridgehead atoms. The molecule has 3 heterocycles. The lowest BCUT2D eigenvalue weighted by Gasteiger charge is -1.95. The number of aromatic nitrogens is 2. The van der Waals surface area contributed by atoms with Crippen molar-refractivity contribution in [3.63, 3.8) is 0 Å². The minimum atomic E-state index is 0.673. The van der Waals surface area contributed by atoms with Gasteiger partial charge in [-0.1, -0.05) is 18.2 Å². The first-order valence-corrected chi connectivity index (χ1v) is 5.44. The average Bonchev–Trinajstić information content (AvgIpc) is 2.73. The molecule has 17 heavy (non-hydrogen) atoms. The maximum absolute atomic E-state index is 5.69. The second-order valence-electron chi connectivity index (χ2n) is 4.01. The van der Waals surface area contributed by atoms with Crippen molar-refractivity contribution in [2.75, 3.05) is 0 Å². The SMILES string of the molecule is c1ccc2nc3oc4cnccc4c3cc2c1. The van der Waals surface area contributed by atoms with Crippen molar-refractivity contribution >= 4 is 33.0 Å². The van der Waals surface area contributed by atoms with Gasteiger partial charge in [0.1, 0.15) is 0 Å². The third-order valence-corrected chi connectivity index (χ3v) is 2.97. The minimum Gasteiger partial charge on any atom is -0.436 e. The Morgan fingerprint density at radius 2 is 1.94 bits per heavy atom. The van der Waals surface area contributed by atoms with Crippen LogP contribution in [0.1, 0.15) is 0 Å². The molecule has 3 heteroatoms. The summed E-state index contributed by atoms with van der Waals surface area (Å²) in [6.45, 7) is 0. The molecule has 3 nitrogen and oxygen atoms in total. The van der Waals surface area contributed by atoms with Crippen LogP contribution in [0.4, 0.5) is 0 Å². The van der Waals surface area contributed by atoms with Crippen molar-refractivity contribution in [3.8, 4) is 0 Å². The molecule has 0 saturated carbocycles. The summed E-state index contributed by atoms with van der Waals surface area (Å²) in [5.41, 5.74) is 2.41. The van der Waals surface area contributed by atoms with E-state index in [4.69, 9.17) is 4.42 Å². The van der Waals surface area contributed by atoms with Crippen LogP contribution in [0.3, 0.4) is 0 Å². The number of furan rings is 1. The first kappa shape index (κ1) is 8.70. The standard InChI is InChI=1S/C14H8N2O/c1-2-4-12-9(3-1)7-11-10-5-6-15-8-13(10)17-14(11)16-12/h1-8H. The minimum absolute atomic E-state index is 0.673. The molecular formula is C14H8N2O. The van der Waals surface area contributed by atoms with Gasteiger partial charge in [-0.25, -0.2) is 4.98 Å². The van der Waals surface area contributed by atoms with Gasteiger partial charge in [-0.3, -0.25) is 4.98 Å². The van der Waals surface area contributed by atoms with Gasteiger partial charge < -0.3 is 4.42 Å². The van der Waals surface area contributed by atoms with Gasteiger partial charge in [0.25, 0.3) is 0 Å². The molecule has 0 radical (unpaired) electrons. The normalized spacial score (nSPS) is 11.5. The van der Waals surface area contributed by atoms with Crippen LogP contribution >= 0.6 is 0 Å². The Labute approximate surface area is 96.7 Å². The molecule has 0 N–H and O–H groups in total. The Morgan fingerprint density at radius 1 is 1.00 bits per heavy atom. The van der Waals surface area contributed by atoms with E-state index in [2.05, 4.69) is 22.1 Å². The number of hydrogen-bond acceptors (Lipinski definition) is 3. The van der Waals surface area contributed by atoms with Crippen LogP contribution in [0, 0.1) is 0 Å². The third kappa shape index (κ3) is 1.16. The monoisotopic (exact) mass is 220 g/mol. The Hall–Kier alpha value is -2.42. The summed E-state index contributed by atoms with van der Waals surface area (Å²) in [5.74, 6) is 0. The topological polar surface area (TPSA) is 38.9 Å². The lowest BCUT2D eigenvalue weighted by Crippen LogP contribution is -1.77. The van der Waals surface area contributed by atoms with E-state index in [1.807, 2.05) is 24.3 Å². The molecule has 3 aromatic heterocycles. The lowest BCUT2D eigenvalue weighted by molar-refractivity contribution is 0.654. The van der Waals surface area contributed by atoms with Gasteiger partial charge >= 0.3 is 0 Å². The molecule has 4 rings (SSSR count). The molecule has 0 atom stereocenters. The van der Waals surface area contributed by atoms with Gasteiger partial charge in [0.15, 0.2) is 5.58 Å². The second-order valence-corrected chi connectivity index (χ2v) is 4.01. The van der Waals surface area contributed by atoms with Gasteiger partial charge in [0.2, 0.25) is 5.71 Å². The van der Waals surface area contributed by atoms with E-state index < -0.39 is 0 Å². The van der Waals surface area contributed by atoms with Gasteiger partial charge in [-0.05, 0) is 18.2 Å². The second kappa shape index (κ2) is 3.04. The van der Waals surface area contributed by atoms with E-state index in [-0.39, 0.29) is 0 Å². The molecule has 4 aromatic rings. The molecule has 1 aromatic carbocycles. The van der Waals surface area contributed by atoms with Crippen LogP contribution in [0.2, 0.25) is 0 Å². The fourth-order valence-electron chi connectivity index (χ4n) is 2.16. The number of rotatable bonds is 0. The molecule has 0 aliphatic rings. The number of nitrogens with zero attached hydrogens (tertiary/aromatic N) is 2. The highest BCUT2D eigenvalue weighted by Gasteiger charge is 2.08. The van der Waals surface area contributed by atoms with Crippen molar-refractivity contribution < 1.29 is 4.42 Å². The highest BCUT2D eigenvalue weighted by molar-refractivity contribution is 6.06. The van der Waals surface area contributed by atoms with Gasteiger partial charge in [-0.2, -0.15) is 0 Å².